The van der Waals surface area contributed by atoms with Crippen molar-refractivity contribution in [3.63, 3.8) is 0 Å². The topological polar surface area (TPSA) is 100 Å². The fraction of sp³-hybridized carbons (Fsp3) is 0.211. The molecule has 0 aliphatic carbocycles. The third-order valence-corrected chi connectivity index (χ3v) is 4.18. The van der Waals surface area contributed by atoms with Crippen molar-refractivity contribution in [1.82, 2.24) is 10.3 Å². The average molecular weight is 450 g/mol. The lowest BCUT2D eigenvalue weighted by Gasteiger charge is -2.15. The maximum Gasteiger partial charge on any atom is 0.410 e. The molecule has 28 heavy (non-hydrogen) atoms. The van der Waals surface area contributed by atoms with Crippen LogP contribution in [0.25, 0.3) is 0 Å². The number of ether oxygens (including phenoxy) is 2. The van der Waals surface area contributed by atoms with Crippen LogP contribution < -0.4 is 10.2 Å². The number of hydrogen-bond donors (Lipinski definition) is 2. The Bertz CT molecular complexity index is 858. The molecule has 0 bridgehead atoms. The first kappa shape index (κ1) is 21.2. The van der Waals surface area contributed by atoms with Gasteiger partial charge in [-0.05, 0) is 39.2 Å². The summed E-state index contributed by atoms with van der Waals surface area (Å²) in [6.07, 6.45) is 0.772. The number of benzene rings is 2. The number of hydrazone groups is 1. The van der Waals surface area contributed by atoms with E-state index in [1.807, 2.05) is 30.3 Å². The van der Waals surface area contributed by atoms with Crippen molar-refractivity contribution < 1.29 is 24.2 Å². The first-order valence-corrected chi connectivity index (χ1v) is 9.00. The van der Waals surface area contributed by atoms with Crippen LogP contribution in [-0.2, 0) is 16.1 Å². The molecule has 8 nitrogen and oxygen atoms in total. The Labute approximate surface area is 170 Å². The minimum atomic E-state index is -0.616. The van der Waals surface area contributed by atoms with E-state index in [0.29, 0.717) is 10.0 Å². The third-order valence-electron chi connectivity index (χ3n) is 3.57. The van der Waals surface area contributed by atoms with Crippen LogP contribution in [0.1, 0.15) is 11.1 Å². The highest BCUT2D eigenvalue weighted by atomic mass is 79.9. The molecule has 0 aliphatic rings. The zero-order valence-corrected chi connectivity index (χ0v) is 17.0. The van der Waals surface area contributed by atoms with Crippen LogP contribution in [0.15, 0.2) is 52.0 Å². The smallest absolute Gasteiger partial charge is 0.410 e. The summed E-state index contributed by atoms with van der Waals surface area (Å²) < 4.78 is 10.6. The average Bonchev–Trinajstić information content (AvgIpc) is 2.69. The maximum absolute atomic E-state index is 11.9. The van der Waals surface area contributed by atoms with Crippen LogP contribution in [0.4, 0.5) is 4.79 Å². The SMILES string of the molecule is COc1cc(/C=N\NC(=O)CN(C)C(=O)OCc2ccccc2)cc(Br)c1O. The number of phenols is 1. The number of hydrogen-bond acceptors (Lipinski definition) is 6. The standard InChI is InChI=1S/C19H20BrN3O5/c1-23(19(26)28-12-13-6-4-3-5-7-13)11-17(24)22-21-10-14-8-15(20)18(25)16(9-14)27-2/h3-10,25H,11-12H2,1-2H3,(H,22,24)/b21-10-. The Morgan fingerprint density at radius 1 is 1.29 bits per heavy atom. The number of nitrogens with zero attached hydrogens (tertiary/aromatic N) is 2. The van der Waals surface area contributed by atoms with Gasteiger partial charge in [-0.15, -0.1) is 0 Å². The molecule has 2 rings (SSSR count). The van der Waals surface area contributed by atoms with Crippen molar-refractivity contribution in [1.29, 1.82) is 0 Å². The van der Waals surface area contributed by atoms with E-state index in [1.165, 1.54) is 20.4 Å². The van der Waals surface area contributed by atoms with Gasteiger partial charge in [-0.25, -0.2) is 10.2 Å². The second kappa shape index (κ2) is 10.3. The number of carbonyl (C=O) groups excluding carboxylic acids is 2. The number of amides is 2. The van der Waals surface area contributed by atoms with Crippen molar-refractivity contribution in [3.8, 4) is 11.5 Å². The molecule has 0 saturated heterocycles. The molecule has 0 aliphatic heterocycles. The quantitative estimate of drug-likeness (QED) is 0.499. The summed E-state index contributed by atoms with van der Waals surface area (Å²) in [5.74, 6) is -0.248. The number of aromatic hydroxyl groups is 1. The summed E-state index contributed by atoms with van der Waals surface area (Å²) in [4.78, 5) is 25.0. The molecule has 2 amide bonds. The van der Waals surface area contributed by atoms with E-state index in [1.54, 1.807) is 12.1 Å². The second-order valence-electron chi connectivity index (χ2n) is 5.74. The van der Waals surface area contributed by atoms with Crippen LogP contribution >= 0.6 is 15.9 Å². The molecule has 0 spiro atoms. The van der Waals surface area contributed by atoms with Gasteiger partial charge in [-0.3, -0.25) is 4.79 Å². The largest absolute Gasteiger partial charge is 0.503 e. The Hall–Kier alpha value is -3.07. The fourth-order valence-corrected chi connectivity index (χ4v) is 2.61. The molecule has 2 aromatic carbocycles. The van der Waals surface area contributed by atoms with Gasteiger partial charge >= 0.3 is 6.09 Å². The van der Waals surface area contributed by atoms with Gasteiger partial charge in [0.05, 0.1) is 17.8 Å². The zero-order chi connectivity index (χ0) is 20.5. The molecule has 2 aromatic rings. The molecule has 0 aromatic heterocycles. The molecule has 0 atom stereocenters. The van der Waals surface area contributed by atoms with Gasteiger partial charge in [0.2, 0.25) is 0 Å². The van der Waals surface area contributed by atoms with Crippen molar-refractivity contribution in [2.24, 2.45) is 5.10 Å². The van der Waals surface area contributed by atoms with Crippen molar-refractivity contribution >= 4 is 34.1 Å². The highest BCUT2D eigenvalue weighted by Crippen LogP contribution is 2.34. The van der Waals surface area contributed by atoms with E-state index in [0.717, 1.165) is 10.5 Å². The van der Waals surface area contributed by atoms with Crippen LogP contribution in [0, 0.1) is 0 Å². The molecule has 0 fully saturated rings. The lowest BCUT2D eigenvalue weighted by atomic mass is 10.2. The maximum atomic E-state index is 11.9. The summed E-state index contributed by atoms with van der Waals surface area (Å²) in [5.41, 5.74) is 3.77. The van der Waals surface area contributed by atoms with Crippen LogP contribution in [0.5, 0.6) is 11.5 Å². The van der Waals surface area contributed by atoms with Gasteiger partial charge in [-0.1, -0.05) is 30.3 Å². The van der Waals surface area contributed by atoms with Crippen LogP contribution in [0.3, 0.4) is 0 Å². The van der Waals surface area contributed by atoms with E-state index in [4.69, 9.17) is 9.47 Å². The first-order valence-electron chi connectivity index (χ1n) is 8.21. The molecular weight excluding hydrogens is 430 g/mol. The van der Waals surface area contributed by atoms with E-state index < -0.39 is 12.0 Å². The minimum absolute atomic E-state index is 0.0284. The molecule has 2 N–H and O–H groups in total. The van der Waals surface area contributed by atoms with Gasteiger partial charge < -0.3 is 19.5 Å². The number of methoxy groups -OCH3 is 1. The Kier molecular flexibility index (Phi) is 7.82. The monoisotopic (exact) mass is 449 g/mol. The predicted molar refractivity (Wildman–Crippen MR) is 107 cm³/mol. The Balaban J connectivity index is 1.82. The van der Waals surface area contributed by atoms with Gasteiger partial charge in [0.25, 0.3) is 5.91 Å². The van der Waals surface area contributed by atoms with E-state index >= 15 is 0 Å². The van der Waals surface area contributed by atoms with Gasteiger partial charge in [-0.2, -0.15) is 5.10 Å². The summed E-state index contributed by atoms with van der Waals surface area (Å²) in [7, 11) is 2.88. The van der Waals surface area contributed by atoms with Gasteiger partial charge in [0.1, 0.15) is 13.2 Å². The number of carbonyl (C=O) groups is 2. The molecule has 0 saturated carbocycles. The molecular formula is C19H20BrN3O5. The van der Waals surface area contributed by atoms with Crippen LogP contribution in [-0.4, -0.2) is 48.9 Å². The van der Waals surface area contributed by atoms with Crippen molar-refractivity contribution in [2.45, 2.75) is 6.61 Å². The van der Waals surface area contributed by atoms with E-state index in [9.17, 15) is 14.7 Å². The lowest BCUT2D eigenvalue weighted by molar-refractivity contribution is -0.121. The summed E-state index contributed by atoms with van der Waals surface area (Å²) in [6.45, 7) is -0.0884. The van der Waals surface area contributed by atoms with Crippen molar-refractivity contribution in [2.75, 3.05) is 20.7 Å². The lowest BCUT2D eigenvalue weighted by Crippen LogP contribution is -2.36. The minimum Gasteiger partial charge on any atom is -0.503 e. The molecule has 0 radical (unpaired) electrons. The molecule has 0 unspecified atom stereocenters. The summed E-state index contributed by atoms with van der Waals surface area (Å²) in [6, 6.07) is 12.4. The first-order chi connectivity index (χ1) is 13.4. The van der Waals surface area contributed by atoms with Crippen LogP contribution in [0.2, 0.25) is 0 Å². The highest BCUT2D eigenvalue weighted by molar-refractivity contribution is 9.10. The normalized spacial score (nSPS) is 10.5. The number of phenolic OH excluding ortho intramolecular Hbond substituents is 1. The summed E-state index contributed by atoms with van der Waals surface area (Å²) >= 11 is 3.20. The zero-order valence-electron chi connectivity index (χ0n) is 15.4. The van der Waals surface area contributed by atoms with Gasteiger partial charge in [0, 0.05) is 7.05 Å². The Morgan fingerprint density at radius 3 is 2.68 bits per heavy atom. The molecule has 0 heterocycles. The fourth-order valence-electron chi connectivity index (χ4n) is 2.15. The highest BCUT2D eigenvalue weighted by Gasteiger charge is 2.14. The van der Waals surface area contributed by atoms with E-state index in [2.05, 4.69) is 26.5 Å². The third kappa shape index (κ3) is 6.27. The number of likely N-dealkylation sites (N-methyl/N-ethyl adjacent to an activating group) is 1. The predicted octanol–water partition coefficient (Wildman–Crippen LogP) is 2.88. The Morgan fingerprint density at radius 2 is 2.00 bits per heavy atom. The number of nitrogens with one attached hydrogen (secondary N) is 1. The van der Waals surface area contributed by atoms with Crippen molar-refractivity contribution in [3.05, 3.63) is 58.1 Å². The molecule has 148 valence electrons. The summed E-state index contributed by atoms with van der Waals surface area (Å²) in [5, 5.41) is 13.6. The molecule has 9 heteroatoms. The van der Waals surface area contributed by atoms with E-state index in [-0.39, 0.29) is 24.7 Å². The number of halogens is 1. The van der Waals surface area contributed by atoms with Gasteiger partial charge in [0.15, 0.2) is 11.5 Å². The number of rotatable bonds is 7. The second-order valence-corrected chi connectivity index (χ2v) is 6.60.